The van der Waals surface area contributed by atoms with Gasteiger partial charge in [0.05, 0.1) is 10.8 Å². The first-order valence-electron chi connectivity index (χ1n) is 9.42. The Bertz CT molecular complexity index is 736. The van der Waals surface area contributed by atoms with E-state index in [0.717, 1.165) is 50.9 Å². The van der Waals surface area contributed by atoms with Gasteiger partial charge in [0.1, 0.15) is 5.82 Å². The number of amides is 1. The van der Waals surface area contributed by atoms with Gasteiger partial charge in [-0.1, -0.05) is 6.92 Å². The fourth-order valence-corrected chi connectivity index (χ4v) is 5.38. The van der Waals surface area contributed by atoms with Crippen LogP contribution in [0.5, 0.6) is 0 Å². The summed E-state index contributed by atoms with van der Waals surface area (Å²) >= 11 is 0. The standard InChI is InChI=1S/C19H27FN2O3S/c1-15-4-2-11-21(13-10-15)19(23)16-5-3-12-22(14-16)26(24,25)18-8-6-17(20)7-9-18/h6-9,15-16H,2-5,10-14H2,1H3. The van der Waals surface area contributed by atoms with Gasteiger partial charge in [0, 0.05) is 26.2 Å². The fourth-order valence-electron chi connectivity index (χ4n) is 3.86. The molecule has 1 amide bonds. The minimum Gasteiger partial charge on any atom is -0.342 e. The van der Waals surface area contributed by atoms with Crippen LogP contribution >= 0.6 is 0 Å². The number of likely N-dealkylation sites (tertiary alicyclic amines) is 1. The molecule has 5 nitrogen and oxygen atoms in total. The number of rotatable bonds is 3. The first-order chi connectivity index (χ1) is 12.4. The summed E-state index contributed by atoms with van der Waals surface area (Å²) in [6.45, 7) is 4.36. The van der Waals surface area contributed by atoms with Gasteiger partial charge in [-0.05, 0) is 62.3 Å². The van der Waals surface area contributed by atoms with Gasteiger partial charge in [-0.3, -0.25) is 4.79 Å². The van der Waals surface area contributed by atoms with Crippen molar-refractivity contribution < 1.29 is 17.6 Å². The molecule has 0 radical (unpaired) electrons. The minimum absolute atomic E-state index is 0.0793. The zero-order chi connectivity index (χ0) is 18.7. The number of hydrogen-bond donors (Lipinski definition) is 0. The molecule has 0 aromatic heterocycles. The van der Waals surface area contributed by atoms with Gasteiger partial charge in [0.15, 0.2) is 0 Å². The van der Waals surface area contributed by atoms with Crippen LogP contribution in [0, 0.1) is 17.7 Å². The molecule has 2 saturated heterocycles. The predicted molar refractivity (Wildman–Crippen MR) is 97.5 cm³/mol. The van der Waals surface area contributed by atoms with Gasteiger partial charge in [0.2, 0.25) is 15.9 Å². The molecule has 0 N–H and O–H groups in total. The highest BCUT2D eigenvalue weighted by molar-refractivity contribution is 7.89. The molecular formula is C19H27FN2O3S. The third-order valence-electron chi connectivity index (χ3n) is 5.51. The fraction of sp³-hybridized carbons (Fsp3) is 0.632. The largest absolute Gasteiger partial charge is 0.342 e. The van der Waals surface area contributed by atoms with E-state index in [2.05, 4.69) is 6.92 Å². The summed E-state index contributed by atoms with van der Waals surface area (Å²) in [5.74, 6) is -0.0361. The summed E-state index contributed by atoms with van der Waals surface area (Å²) in [7, 11) is -3.70. The maximum atomic E-state index is 13.1. The molecular weight excluding hydrogens is 355 g/mol. The Balaban J connectivity index is 1.70. The third-order valence-corrected chi connectivity index (χ3v) is 7.39. The average molecular weight is 383 g/mol. The van der Waals surface area contributed by atoms with Crippen LogP contribution < -0.4 is 0 Å². The maximum absolute atomic E-state index is 13.1. The van der Waals surface area contributed by atoms with Crippen molar-refractivity contribution in [3.05, 3.63) is 30.1 Å². The normalized spacial score (nSPS) is 25.7. The molecule has 144 valence electrons. The van der Waals surface area contributed by atoms with Gasteiger partial charge in [0.25, 0.3) is 0 Å². The molecule has 1 aromatic rings. The lowest BCUT2D eigenvalue weighted by molar-refractivity contribution is -0.136. The first kappa shape index (κ1) is 19.3. The minimum atomic E-state index is -3.70. The molecule has 3 rings (SSSR count). The van der Waals surface area contributed by atoms with E-state index < -0.39 is 15.8 Å². The lowest BCUT2D eigenvalue weighted by Gasteiger charge is -2.34. The van der Waals surface area contributed by atoms with E-state index in [4.69, 9.17) is 0 Å². The quantitative estimate of drug-likeness (QED) is 0.808. The van der Waals surface area contributed by atoms with E-state index in [1.54, 1.807) is 0 Å². The summed E-state index contributed by atoms with van der Waals surface area (Å²) < 4.78 is 40.1. The molecule has 2 heterocycles. The Kier molecular flexibility index (Phi) is 5.97. The molecule has 2 atom stereocenters. The van der Waals surface area contributed by atoms with Gasteiger partial charge >= 0.3 is 0 Å². The second-order valence-electron chi connectivity index (χ2n) is 7.52. The monoisotopic (exact) mass is 382 g/mol. The van der Waals surface area contributed by atoms with Gasteiger partial charge in [-0.15, -0.1) is 0 Å². The Morgan fingerprint density at radius 2 is 1.73 bits per heavy atom. The van der Waals surface area contributed by atoms with E-state index in [0.29, 0.717) is 18.9 Å². The lowest BCUT2D eigenvalue weighted by atomic mass is 9.98. The van der Waals surface area contributed by atoms with E-state index in [1.807, 2.05) is 4.90 Å². The number of nitrogens with zero attached hydrogens (tertiary/aromatic N) is 2. The Morgan fingerprint density at radius 1 is 1.04 bits per heavy atom. The SMILES string of the molecule is CC1CCCN(C(=O)C2CCCN(S(=O)(=O)c3ccc(F)cc3)C2)CC1. The molecule has 2 unspecified atom stereocenters. The highest BCUT2D eigenvalue weighted by Gasteiger charge is 2.35. The van der Waals surface area contributed by atoms with Crippen LogP contribution in [0.2, 0.25) is 0 Å². The number of piperidine rings is 1. The summed E-state index contributed by atoms with van der Waals surface area (Å²) in [6, 6.07) is 4.87. The molecule has 0 spiro atoms. The number of benzene rings is 1. The zero-order valence-corrected chi connectivity index (χ0v) is 16.0. The number of carbonyl (C=O) groups is 1. The molecule has 1 aromatic carbocycles. The van der Waals surface area contributed by atoms with Crippen molar-refractivity contribution in [1.82, 2.24) is 9.21 Å². The summed E-state index contributed by atoms with van der Waals surface area (Å²) in [6.07, 6.45) is 4.55. The smallest absolute Gasteiger partial charge is 0.243 e. The molecule has 0 saturated carbocycles. The van der Waals surface area contributed by atoms with E-state index in [-0.39, 0.29) is 23.3 Å². The van der Waals surface area contributed by atoms with Crippen molar-refractivity contribution in [2.75, 3.05) is 26.2 Å². The maximum Gasteiger partial charge on any atom is 0.243 e. The number of sulfonamides is 1. The van der Waals surface area contributed by atoms with Crippen molar-refractivity contribution >= 4 is 15.9 Å². The van der Waals surface area contributed by atoms with Crippen LogP contribution in [-0.2, 0) is 14.8 Å². The molecule has 2 fully saturated rings. The topological polar surface area (TPSA) is 57.7 Å². The van der Waals surface area contributed by atoms with E-state index in [9.17, 15) is 17.6 Å². The highest BCUT2D eigenvalue weighted by Crippen LogP contribution is 2.26. The number of hydrogen-bond acceptors (Lipinski definition) is 3. The second-order valence-corrected chi connectivity index (χ2v) is 9.46. The molecule has 7 heteroatoms. The van der Waals surface area contributed by atoms with E-state index in [1.165, 1.54) is 16.4 Å². The lowest BCUT2D eigenvalue weighted by Crippen LogP contribution is -2.47. The van der Waals surface area contributed by atoms with Gasteiger partial charge < -0.3 is 4.90 Å². The van der Waals surface area contributed by atoms with Crippen molar-refractivity contribution in [2.45, 2.75) is 43.9 Å². The first-order valence-corrected chi connectivity index (χ1v) is 10.9. The van der Waals surface area contributed by atoms with Crippen LogP contribution in [-0.4, -0.2) is 49.7 Å². The van der Waals surface area contributed by atoms with Gasteiger partial charge in [-0.2, -0.15) is 4.31 Å². The summed E-state index contributed by atoms with van der Waals surface area (Å²) in [5, 5.41) is 0. The molecule has 2 aliphatic rings. The highest BCUT2D eigenvalue weighted by atomic mass is 32.2. The van der Waals surface area contributed by atoms with Crippen LogP contribution in [0.25, 0.3) is 0 Å². The van der Waals surface area contributed by atoms with Crippen LogP contribution in [0.4, 0.5) is 4.39 Å². The molecule has 0 bridgehead atoms. The Hall–Kier alpha value is -1.47. The zero-order valence-electron chi connectivity index (χ0n) is 15.2. The second kappa shape index (κ2) is 8.05. The summed E-state index contributed by atoms with van der Waals surface area (Å²) in [5.41, 5.74) is 0. The Labute approximate surface area is 155 Å². The van der Waals surface area contributed by atoms with Crippen molar-refractivity contribution in [2.24, 2.45) is 11.8 Å². The van der Waals surface area contributed by atoms with Crippen molar-refractivity contribution in [3.63, 3.8) is 0 Å². The number of carbonyl (C=O) groups excluding carboxylic acids is 1. The average Bonchev–Trinajstić information content (AvgIpc) is 2.86. The van der Waals surface area contributed by atoms with E-state index >= 15 is 0 Å². The van der Waals surface area contributed by atoms with Crippen molar-refractivity contribution in [3.8, 4) is 0 Å². The predicted octanol–water partition coefficient (Wildman–Crippen LogP) is 2.88. The number of halogens is 1. The third kappa shape index (κ3) is 4.26. The molecule has 0 aliphatic carbocycles. The summed E-state index contributed by atoms with van der Waals surface area (Å²) in [4.78, 5) is 14.9. The Morgan fingerprint density at radius 3 is 2.46 bits per heavy atom. The van der Waals surface area contributed by atoms with Gasteiger partial charge in [-0.25, -0.2) is 12.8 Å². The van der Waals surface area contributed by atoms with Crippen LogP contribution in [0.15, 0.2) is 29.2 Å². The molecule has 2 aliphatic heterocycles. The van der Waals surface area contributed by atoms with Crippen LogP contribution in [0.3, 0.4) is 0 Å². The van der Waals surface area contributed by atoms with Crippen LogP contribution in [0.1, 0.15) is 39.0 Å². The van der Waals surface area contributed by atoms with Crippen molar-refractivity contribution in [1.29, 1.82) is 0 Å². The molecule has 26 heavy (non-hydrogen) atoms.